The van der Waals surface area contributed by atoms with Gasteiger partial charge in [0.15, 0.2) is 16.6 Å². The average molecular weight is 407 g/mol. The van der Waals surface area contributed by atoms with Crippen molar-refractivity contribution >= 4 is 42.2 Å². The van der Waals surface area contributed by atoms with Gasteiger partial charge in [-0.05, 0) is 13.8 Å². The van der Waals surface area contributed by atoms with Crippen LogP contribution in [0.2, 0.25) is 5.15 Å². The molecule has 0 aromatic carbocycles. The van der Waals surface area contributed by atoms with Crippen LogP contribution in [0.5, 0.6) is 0 Å². The van der Waals surface area contributed by atoms with Gasteiger partial charge in [-0.2, -0.15) is 9.97 Å². The van der Waals surface area contributed by atoms with Crippen LogP contribution in [-0.4, -0.2) is 56.1 Å². The first-order chi connectivity index (χ1) is 12.3. The second-order valence-electron chi connectivity index (χ2n) is 5.08. The van der Waals surface area contributed by atoms with Crippen LogP contribution in [0, 0.1) is 0 Å². The molecule has 26 heavy (non-hydrogen) atoms. The van der Waals surface area contributed by atoms with E-state index in [0.717, 1.165) is 0 Å². The fraction of sp³-hybridized carbons (Fsp3) is 0.538. The number of nitrogens with zero attached hydrogens (tertiary/aromatic N) is 4. The maximum Gasteiger partial charge on any atom is 0.360 e. The minimum Gasteiger partial charge on any atom is -0.379 e. The molecule has 2 heterocycles. The molecule has 0 radical (unpaired) electrons. The van der Waals surface area contributed by atoms with Crippen LogP contribution in [-0.2, 0) is 25.0 Å². The quantitative estimate of drug-likeness (QED) is 0.404. The first-order valence-electron chi connectivity index (χ1n) is 7.78. The molecule has 2 aromatic heterocycles. The summed E-state index contributed by atoms with van der Waals surface area (Å²) in [4.78, 5) is 23.9. The number of aliphatic hydroxyl groups is 1. The third-order valence-corrected chi connectivity index (χ3v) is 5.63. The van der Waals surface area contributed by atoms with Crippen molar-refractivity contribution in [2.45, 2.75) is 26.2 Å². The van der Waals surface area contributed by atoms with Crippen LogP contribution in [0.1, 0.15) is 13.8 Å². The summed E-state index contributed by atoms with van der Waals surface area (Å²) in [5.41, 5.74) is 6.16. The van der Waals surface area contributed by atoms with Crippen LogP contribution in [0.25, 0.3) is 11.2 Å². The van der Waals surface area contributed by atoms with Crippen molar-refractivity contribution in [2.24, 2.45) is 0 Å². The van der Waals surface area contributed by atoms with Crippen LogP contribution >= 0.6 is 19.2 Å². The molecule has 0 saturated heterocycles. The van der Waals surface area contributed by atoms with Gasteiger partial charge in [0.1, 0.15) is 12.1 Å². The topological polar surface area (TPSA) is 154 Å². The molecular weight excluding hydrogens is 387 g/mol. The van der Waals surface area contributed by atoms with Crippen LogP contribution in [0.15, 0.2) is 6.33 Å². The Kier molecular flexibility index (Phi) is 6.90. The van der Waals surface area contributed by atoms with E-state index in [1.54, 1.807) is 13.8 Å². The second kappa shape index (κ2) is 8.74. The first kappa shape index (κ1) is 20.5. The Morgan fingerprint density at radius 2 is 2.08 bits per heavy atom. The second-order valence-corrected chi connectivity index (χ2v) is 7.63. The Hall–Kier alpha value is -1.78. The number of hydrogen-bond donors (Lipinski definition) is 3. The molecule has 0 saturated carbocycles. The molecule has 0 aliphatic rings. The van der Waals surface area contributed by atoms with E-state index in [4.69, 9.17) is 26.4 Å². The molecule has 1 unspecified atom stereocenters. The lowest BCUT2D eigenvalue weighted by atomic mass is 10.5. The lowest BCUT2D eigenvalue weighted by Gasteiger charge is -2.22. The summed E-state index contributed by atoms with van der Waals surface area (Å²) in [7, 11) is -3.72. The van der Waals surface area contributed by atoms with E-state index in [1.165, 1.54) is 10.9 Å². The Balaban J connectivity index is 2.02. The van der Waals surface area contributed by atoms with Gasteiger partial charge >= 0.3 is 7.60 Å². The molecule has 0 spiro atoms. The number of amides is 1. The molecule has 0 bridgehead atoms. The Morgan fingerprint density at radius 1 is 1.42 bits per heavy atom. The minimum atomic E-state index is -3.72. The summed E-state index contributed by atoms with van der Waals surface area (Å²) < 4.78 is 23.9. The lowest BCUT2D eigenvalue weighted by Crippen LogP contribution is -2.35. The molecule has 1 amide bonds. The monoisotopic (exact) mass is 406 g/mol. The largest absolute Gasteiger partial charge is 0.379 e. The highest BCUT2D eigenvalue weighted by atomic mass is 35.5. The SMILES string of the molecule is CCOP(=O)(OCC)C(O)CNC(=O)Cn1cnc2c(Cl)nc(N)nc21. The number of halogens is 1. The van der Waals surface area contributed by atoms with E-state index in [2.05, 4.69) is 20.3 Å². The number of nitrogens with two attached hydrogens (primary N) is 1. The number of aliphatic hydroxyl groups excluding tert-OH is 1. The van der Waals surface area contributed by atoms with Crippen molar-refractivity contribution in [1.82, 2.24) is 24.8 Å². The Labute approximate surface area is 154 Å². The van der Waals surface area contributed by atoms with Crippen molar-refractivity contribution in [3.8, 4) is 0 Å². The highest BCUT2D eigenvalue weighted by Crippen LogP contribution is 2.51. The van der Waals surface area contributed by atoms with Crippen molar-refractivity contribution in [3.63, 3.8) is 0 Å². The number of rotatable bonds is 9. The molecule has 0 fully saturated rings. The van der Waals surface area contributed by atoms with Gasteiger partial charge in [0.05, 0.1) is 26.1 Å². The fourth-order valence-electron chi connectivity index (χ4n) is 2.14. The number of fused-ring (bicyclic) bond motifs is 1. The van der Waals surface area contributed by atoms with Crippen LogP contribution < -0.4 is 11.1 Å². The molecule has 2 rings (SSSR count). The molecule has 0 aliphatic heterocycles. The van der Waals surface area contributed by atoms with Gasteiger partial charge in [-0.3, -0.25) is 9.36 Å². The fourth-order valence-corrected chi connectivity index (χ4v) is 3.81. The number of anilines is 1. The number of carbonyl (C=O) groups is 1. The lowest BCUT2D eigenvalue weighted by molar-refractivity contribution is -0.121. The number of imidazole rings is 1. The molecule has 13 heteroatoms. The molecular formula is C13H20ClN6O5P. The zero-order valence-corrected chi connectivity index (χ0v) is 15.9. The van der Waals surface area contributed by atoms with Gasteiger partial charge < -0.3 is 29.8 Å². The average Bonchev–Trinajstić information content (AvgIpc) is 2.96. The number of aromatic nitrogens is 4. The van der Waals surface area contributed by atoms with Crippen molar-refractivity contribution < 1.29 is 23.5 Å². The Bertz CT molecular complexity index is 821. The molecule has 4 N–H and O–H groups in total. The zero-order valence-electron chi connectivity index (χ0n) is 14.3. The first-order valence-corrected chi connectivity index (χ1v) is 9.77. The van der Waals surface area contributed by atoms with Gasteiger partial charge in [0.2, 0.25) is 11.9 Å². The number of hydrogen-bond acceptors (Lipinski definition) is 9. The molecule has 1 atom stereocenters. The maximum absolute atomic E-state index is 12.4. The summed E-state index contributed by atoms with van der Waals surface area (Å²) in [5, 5.41) is 12.6. The summed E-state index contributed by atoms with van der Waals surface area (Å²) in [5.74, 6) is -2.01. The van der Waals surface area contributed by atoms with Crippen molar-refractivity contribution in [2.75, 3.05) is 25.5 Å². The Morgan fingerprint density at radius 3 is 2.69 bits per heavy atom. The van der Waals surface area contributed by atoms with E-state index in [-0.39, 0.29) is 37.4 Å². The number of carbonyl (C=O) groups excluding carboxylic acids is 1. The highest BCUT2D eigenvalue weighted by Gasteiger charge is 2.34. The van der Waals surface area contributed by atoms with Crippen molar-refractivity contribution in [3.05, 3.63) is 11.5 Å². The number of nitrogens with one attached hydrogen (secondary N) is 1. The summed E-state index contributed by atoms with van der Waals surface area (Å²) in [6.07, 6.45) is 1.37. The molecule has 0 aliphatic carbocycles. The standard InChI is InChI=1S/C13H20ClN6O5P/c1-3-24-26(23,25-4-2)9(22)5-16-8(21)6-20-7-17-10-11(14)18-13(15)19-12(10)20/h7,9,22H,3-6H2,1-2H3,(H,16,21)(H2,15,18,19). The van der Waals surface area contributed by atoms with E-state index < -0.39 is 19.3 Å². The summed E-state index contributed by atoms with van der Waals surface area (Å²) >= 11 is 5.93. The van der Waals surface area contributed by atoms with Crippen LogP contribution in [0.4, 0.5) is 5.95 Å². The van der Waals surface area contributed by atoms with E-state index in [0.29, 0.717) is 11.2 Å². The molecule has 144 valence electrons. The predicted octanol–water partition coefficient (Wildman–Crippen LogP) is 0.763. The van der Waals surface area contributed by atoms with Gasteiger partial charge in [-0.1, -0.05) is 11.6 Å². The third-order valence-electron chi connectivity index (χ3n) is 3.22. The smallest absolute Gasteiger partial charge is 0.360 e. The zero-order chi connectivity index (χ0) is 19.3. The number of nitrogen functional groups attached to an aromatic ring is 1. The van der Waals surface area contributed by atoms with E-state index in [9.17, 15) is 14.5 Å². The van der Waals surface area contributed by atoms with Gasteiger partial charge in [-0.15, -0.1) is 0 Å². The molecule has 11 nitrogen and oxygen atoms in total. The third kappa shape index (κ3) is 4.68. The van der Waals surface area contributed by atoms with Gasteiger partial charge in [-0.25, -0.2) is 4.98 Å². The van der Waals surface area contributed by atoms with Crippen LogP contribution in [0.3, 0.4) is 0 Å². The van der Waals surface area contributed by atoms with E-state index >= 15 is 0 Å². The van der Waals surface area contributed by atoms with Gasteiger partial charge in [0.25, 0.3) is 0 Å². The molecule has 2 aromatic rings. The maximum atomic E-state index is 12.4. The normalized spacial score (nSPS) is 13.1. The minimum absolute atomic E-state index is 0.0468. The highest BCUT2D eigenvalue weighted by molar-refractivity contribution is 7.54. The predicted molar refractivity (Wildman–Crippen MR) is 94.6 cm³/mol. The summed E-state index contributed by atoms with van der Waals surface area (Å²) in [6.45, 7) is 2.99. The van der Waals surface area contributed by atoms with Gasteiger partial charge in [0, 0.05) is 0 Å². The van der Waals surface area contributed by atoms with E-state index in [1.807, 2.05) is 0 Å². The van der Waals surface area contributed by atoms with Crippen molar-refractivity contribution in [1.29, 1.82) is 0 Å². The summed E-state index contributed by atoms with van der Waals surface area (Å²) in [6, 6.07) is 0.